The number of alkyl halides is 1. The van der Waals surface area contributed by atoms with Gasteiger partial charge in [-0.1, -0.05) is 36.4 Å². The lowest BCUT2D eigenvalue weighted by Crippen LogP contribution is -2.19. The number of nitrogens with zero attached hydrogens (tertiary/aromatic N) is 1. The molecule has 0 aliphatic heterocycles. The molecule has 0 saturated heterocycles. The smallest absolute Gasteiger partial charge is 0.119 e. The van der Waals surface area contributed by atoms with Crippen LogP contribution in [-0.4, -0.2) is 34.5 Å². The lowest BCUT2D eigenvalue weighted by atomic mass is 10.0. The van der Waals surface area contributed by atoms with E-state index in [2.05, 4.69) is 40.3 Å². The number of halogens is 1. The highest BCUT2D eigenvalue weighted by atomic mass is 19.1. The minimum Gasteiger partial charge on any atom is -0.491 e. The van der Waals surface area contributed by atoms with Crippen molar-refractivity contribution in [2.24, 2.45) is 0 Å². The van der Waals surface area contributed by atoms with Gasteiger partial charge in [0.1, 0.15) is 25.1 Å². The number of ether oxygens (including phenoxy) is 1. The Bertz CT molecular complexity index is 993. The van der Waals surface area contributed by atoms with Gasteiger partial charge < -0.3 is 14.8 Å². The molecule has 1 unspecified atom stereocenters. The third kappa shape index (κ3) is 3.83. The molecule has 0 fully saturated rings. The van der Waals surface area contributed by atoms with E-state index in [1.807, 2.05) is 36.5 Å². The van der Waals surface area contributed by atoms with Gasteiger partial charge in [0.15, 0.2) is 0 Å². The average molecular weight is 362 g/mol. The van der Waals surface area contributed by atoms with Gasteiger partial charge >= 0.3 is 0 Å². The highest BCUT2D eigenvalue weighted by molar-refractivity contribution is 5.85. The normalized spacial score (nSPS) is 12.2. The third-order valence-electron chi connectivity index (χ3n) is 4.43. The Hall–Kier alpha value is -3.18. The zero-order valence-corrected chi connectivity index (χ0v) is 14.6. The SMILES string of the molecule is OC(CF)COc1ccc(-c2ccc(-c3cc4ccncc4[nH]3)cc2)cc1. The summed E-state index contributed by atoms with van der Waals surface area (Å²) in [6.45, 7) is -0.859. The fourth-order valence-corrected chi connectivity index (χ4v) is 2.95. The van der Waals surface area contributed by atoms with E-state index in [-0.39, 0.29) is 6.61 Å². The maximum atomic E-state index is 12.3. The lowest BCUT2D eigenvalue weighted by molar-refractivity contribution is 0.0842. The van der Waals surface area contributed by atoms with Crippen molar-refractivity contribution in [2.45, 2.75) is 6.10 Å². The van der Waals surface area contributed by atoms with Gasteiger partial charge in [-0.15, -0.1) is 0 Å². The van der Waals surface area contributed by atoms with Crippen LogP contribution in [0, 0.1) is 0 Å². The van der Waals surface area contributed by atoms with E-state index in [9.17, 15) is 9.50 Å². The minimum absolute atomic E-state index is 0.0510. The summed E-state index contributed by atoms with van der Waals surface area (Å²) in [6, 6.07) is 19.9. The summed E-state index contributed by atoms with van der Waals surface area (Å²) in [4.78, 5) is 7.51. The molecule has 0 bridgehead atoms. The Labute approximate surface area is 156 Å². The number of hydrogen-bond donors (Lipinski definition) is 2. The predicted molar refractivity (Wildman–Crippen MR) is 104 cm³/mol. The van der Waals surface area contributed by atoms with Gasteiger partial charge in [-0.2, -0.15) is 0 Å². The van der Waals surface area contributed by atoms with E-state index in [1.165, 1.54) is 0 Å². The number of aromatic nitrogens is 2. The Balaban J connectivity index is 1.50. The van der Waals surface area contributed by atoms with Crippen molar-refractivity contribution in [1.82, 2.24) is 9.97 Å². The Kier molecular flexibility index (Phi) is 4.85. The molecule has 4 rings (SSSR count). The molecule has 5 heteroatoms. The van der Waals surface area contributed by atoms with Crippen molar-refractivity contribution >= 4 is 10.9 Å². The van der Waals surface area contributed by atoms with E-state index >= 15 is 0 Å². The summed E-state index contributed by atoms with van der Waals surface area (Å²) >= 11 is 0. The summed E-state index contributed by atoms with van der Waals surface area (Å²) in [6.07, 6.45) is 2.52. The molecule has 27 heavy (non-hydrogen) atoms. The summed E-state index contributed by atoms with van der Waals surface area (Å²) in [5, 5.41) is 10.3. The molecule has 0 amide bonds. The number of pyridine rings is 1. The van der Waals surface area contributed by atoms with Crippen LogP contribution in [0.5, 0.6) is 5.75 Å². The molecule has 136 valence electrons. The Morgan fingerprint density at radius 2 is 1.63 bits per heavy atom. The first-order valence-electron chi connectivity index (χ1n) is 8.73. The number of fused-ring (bicyclic) bond motifs is 1. The van der Waals surface area contributed by atoms with E-state index in [0.717, 1.165) is 33.3 Å². The molecule has 4 nitrogen and oxygen atoms in total. The number of aliphatic hydroxyl groups excluding tert-OH is 1. The average Bonchev–Trinajstić information content (AvgIpc) is 3.17. The Morgan fingerprint density at radius 1 is 0.963 bits per heavy atom. The van der Waals surface area contributed by atoms with Crippen LogP contribution in [0.4, 0.5) is 4.39 Å². The molecule has 1 atom stereocenters. The lowest BCUT2D eigenvalue weighted by Gasteiger charge is -2.10. The summed E-state index contributed by atoms with van der Waals surface area (Å²) in [5.41, 5.74) is 5.33. The molecule has 4 aromatic rings. The van der Waals surface area contributed by atoms with Crippen LogP contribution in [-0.2, 0) is 0 Å². The maximum absolute atomic E-state index is 12.3. The molecule has 2 aromatic carbocycles. The molecule has 2 N–H and O–H groups in total. The number of aromatic amines is 1. The molecule has 0 aliphatic carbocycles. The second-order valence-electron chi connectivity index (χ2n) is 6.37. The summed E-state index contributed by atoms with van der Waals surface area (Å²) in [7, 11) is 0. The number of nitrogens with one attached hydrogen (secondary N) is 1. The molecule has 0 spiro atoms. The highest BCUT2D eigenvalue weighted by Crippen LogP contribution is 2.27. The number of rotatable bonds is 6. The highest BCUT2D eigenvalue weighted by Gasteiger charge is 2.06. The number of H-pyrrole nitrogens is 1. The zero-order chi connectivity index (χ0) is 18.6. The van der Waals surface area contributed by atoms with Crippen LogP contribution in [0.2, 0.25) is 0 Å². The van der Waals surface area contributed by atoms with Gasteiger partial charge in [0.05, 0.1) is 11.7 Å². The second-order valence-corrected chi connectivity index (χ2v) is 6.37. The summed E-state index contributed by atoms with van der Waals surface area (Å²) in [5.74, 6) is 0.606. The van der Waals surface area contributed by atoms with Crippen LogP contribution in [0.3, 0.4) is 0 Å². The predicted octanol–water partition coefficient (Wildman–Crippen LogP) is 4.61. The van der Waals surface area contributed by atoms with E-state index in [0.29, 0.717) is 5.75 Å². The van der Waals surface area contributed by atoms with Gasteiger partial charge in [-0.05, 0) is 41.0 Å². The van der Waals surface area contributed by atoms with Gasteiger partial charge in [-0.25, -0.2) is 4.39 Å². The molecule has 0 radical (unpaired) electrons. The van der Waals surface area contributed by atoms with Gasteiger partial charge in [0.25, 0.3) is 0 Å². The standard InChI is InChI=1S/C22H19FN2O2/c23-12-19(26)14-27-20-7-5-16(6-8-20)15-1-3-17(4-2-15)21-11-18-9-10-24-13-22(18)25-21/h1-11,13,19,25-26H,12,14H2. The minimum atomic E-state index is -1.09. The maximum Gasteiger partial charge on any atom is 0.119 e. The van der Waals surface area contributed by atoms with Crippen molar-refractivity contribution in [3.8, 4) is 28.1 Å². The molecular weight excluding hydrogens is 343 g/mol. The van der Waals surface area contributed by atoms with Gasteiger partial charge in [0.2, 0.25) is 0 Å². The molecule has 0 aliphatic rings. The fourth-order valence-electron chi connectivity index (χ4n) is 2.95. The molecule has 2 heterocycles. The van der Waals surface area contributed by atoms with Crippen LogP contribution >= 0.6 is 0 Å². The van der Waals surface area contributed by atoms with E-state index in [1.54, 1.807) is 6.20 Å². The van der Waals surface area contributed by atoms with Crippen LogP contribution in [0.25, 0.3) is 33.3 Å². The number of hydrogen-bond acceptors (Lipinski definition) is 3. The third-order valence-corrected chi connectivity index (χ3v) is 4.43. The first kappa shape index (κ1) is 17.2. The van der Waals surface area contributed by atoms with Crippen molar-refractivity contribution < 1.29 is 14.2 Å². The Morgan fingerprint density at radius 3 is 2.30 bits per heavy atom. The van der Waals surface area contributed by atoms with Crippen LogP contribution < -0.4 is 4.74 Å². The van der Waals surface area contributed by atoms with Crippen LogP contribution in [0.1, 0.15) is 0 Å². The van der Waals surface area contributed by atoms with Crippen molar-refractivity contribution in [3.63, 3.8) is 0 Å². The van der Waals surface area contributed by atoms with Gasteiger partial charge in [-0.3, -0.25) is 4.98 Å². The molecule has 2 aromatic heterocycles. The topological polar surface area (TPSA) is 58.1 Å². The first-order valence-corrected chi connectivity index (χ1v) is 8.73. The summed E-state index contributed by atoms with van der Waals surface area (Å²) < 4.78 is 17.6. The number of benzene rings is 2. The first-order chi connectivity index (χ1) is 13.2. The second kappa shape index (κ2) is 7.60. The van der Waals surface area contributed by atoms with E-state index < -0.39 is 12.8 Å². The number of aliphatic hydroxyl groups is 1. The van der Waals surface area contributed by atoms with Crippen LogP contribution in [0.15, 0.2) is 73.1 Å². The monoisotopic (exact) mass is 362 g/mol. The molecule has 0 saturated carbocycles. The largest absolute Gasteiger partial charge is 0.491 e. The molecular formula is C22H19FN2O2. The zero-order valence-electron chi connectivity index (χ0n) is 14.6. The fraction of sp³-hybridized carbons (Fsp3) is 0.136. The van der Waals surface area contributed by atoms with Crippen molar-refractivity contribution in [1.29, 1.82) is 0 Å². The quantitative estimate of drug-likeness (QED) is 0.527. The van der Waals surface area contributed by atoms with Crippen molar-refractivity contribution in [3.05, 3.63) is 73.1 Å². The van der Waals surface area contributed by atoms with E-state index in [4.69, 9.17) is 4.74 Å². The van der Waals surface area contributed by atoms with Crippen molar-refractivity contribution in [2.75, 3.05) is 13.3 Å². The van der Waals surface area contributed by atoms with Gasteiger partial charge in [0, 0.05) is 17.3 Å².